The second-order valence-electron chi connectivity index (χ2n) is 10.5. The van der Waals surface area contributed by atoms with Gasteiger partial charge in [-0.15, -0.1) is 0 Å². The Morgan fingerprint density at radius 3 is 2.15 bits per heavy atom. The molecule has 1 aliphatic rings. The molecule has 0 saturated carbocycles. The molecule has 182 valence electrons. The summed E-state index contributed by atoms with van der Waals surface area (Å²) in [7, 11) is 0. The van der Waals surface area contributed by atoms with E-state index in [1.807, 2.05) is 0 Å². The summed E-state index contributed by atoms with van der Waals surface area (Å²) in [5.74, 6) is 1.03. The molecule has 2 heterocycles. The first-order valence-corrected chi connectivity index (χ1v) is 13.4. The van der Waals surface area contributed by atoms with Crippen molar-refractivity contribution in [2.24, 2.45) is 0 Å². The first kappa shape index (κ1) is 20.9. The number of para-hydroxylation sites is 3. The maximum Gasteiger partial charge on any atom is 0.144 e. The van der Waals surface area contributed by atoms with Crippen LogP contribution in [0.3, 0.4) is 0 Å². The summed E-state index contributed by atoms with van der Waals surface area (Å²) in [5, 5.41) is 7.88. The van der Waals surface area contributed by atoms with Crippen molar-refractivity contribution in [1.82, 2.24) is 9.55 Å². The number of hydrogen-bond acceptors (Lipinski definition) is 2. The van der Waals surface area contributed by atoms with Crippen molar-refractivity contribution in [2.45, 2.75) is 6.67 Å². The van der Waals surface area contributed by atoms with Gasteiger partial charge in [0, 0.05) is 11.3 Å². The van der Waals surface area contributed by atoms with Crippen molar-refractivity contribution in [2.75, 3.05) is 4.90 Å². The monoisotopic (exact) mass is 497 g/mol. The Bertz CT molecular complexity index is 2190. The van der Waals surface area contributed by atoms with Crippen molar-refractivity contribution < 1.29 is 0 Å². The largest absolute Gasteiger partial charge is 0.322 e. The average Bonchev–Trinajstić information content (AvgIpc) is 3.38. The summed E-state index contributed by atoms with van der Waals surface area (Å²) >= 11 is 0. The van der Waals surface area contributed by atoms with Crippen molar-refractivity contribution in [3.05, 3.63) is 127 Å². The van der Waals surface area contributed by atoms with Crippen LogP contribution in [0.15, 0.2) is 127 Å². The molecule has 39 heavy (non-hydrogen) atoms. The van der Waals surface area contributed by atoms with Crippen molar-refractivity contribution in [1.29, 1.82) is 0 Å². The van der Waals surface area contributed by atoms with Crippen LogP contribution in [0.4, 0.5) is 11.4 Å². The van der Waals surface area contributed by atoms with Gasteiger partial charge in [-0.25, -0.2) is 4.98 Å². The molecule has 0 amide bonds. The molecule has 0 aliphatic carbocycles. The Hall–Kier alpha value is -5.15. The molecule has 0 atom stereocenters. The van der Waals surface area contributed by atoms with Gasteiger partial charge in [-0.3, -0.25) is 0 Å². The lowest BCUT2D eigenvalue weighted by molar-refractivity contribution is 0.718. The fraction of sp³-hybridized carbons (Fsp3) is 0.0278. The topological polar surface area (TPSA) is 21.1 Å². The minimum atomic E-state index is 0.717. The second-order valence-corrected chi connectivity index (χ2v) is 10.5. The average molecular weight is 498 g/mol. The zero-order valence-electron chi connectivity index (χ0n) is 21.2. The SMILES string of the molecule is c1ccc(N2Cn3c(nc4ccccc43)-c3ccc(-c4ccc5ccc6cccc7ccc4c5c67)cc32)cc1. The summed E-state index contributed by atoms with van der Waals surface area (Å²) in [5.41, 5.74) is 8.19. The quantitative estimate of drug-likeness (QED) is 0.222. The number of anilines is 2. The van der Waals surface area contributed by atoms with E-state index in [-0.39, 0.29) is 0 Å². The smallest absolute Gasteiger partial charge is 0.144 e. The van der Waals surface area contributed by atoms with Crippen LogP contribution in [-0.2, 0) is 6.67 Å². The Morgan fingerprint density at radius 1 is 0.564 bits per heavy atom. The molecule has 0 fully saturated rings. The molecule has 0 N–H and O–H groups in total. The van der Waals surface area contributed by atoms with Crippen molar-refractivity contribution >= 4 is 54.7 Å². The van der Waals surface area contributed by atoms with E-state index in [2.05, 4.69) is 137 Å². The highest BCUT2D eigenvalue weighted by molar-refractivity contribution is 6.25. The lowest BCUT2D eigenvalue weighted by atomic mass is 9.89. The molecule has 3 heteroatoms. The summed E-state index contributed by atoms with van der Waals surface area (Å²) < 4.78 is 2.33. The van der Waals surface area contributed by atoms with E-state index in [9.17, 15) is 0 Å². The Balaban J connectivity index is 1.31. The van der Waals surface area contributed by atoms with Gasteiger partial charge in [-0.2, -0.15) is 0 Å². The number of aromatic nitrogens is 2. The van der Waals surface area contributed by atoms with Crippen LogP contribution >= 0.6 is 0 Å². The molecule has 0 radical (unpaired) electrons. The maximum atomic E-state index is 5.07. The zero-order chi connectivity index (χ0) is 25.5. The van der Waals surface area contributed by atoms with Crippen LogP contribution in [0.2, 0.25) is 0 Å². The molecule has 0 spiro atoms. The van der Waals surface area contributed by atoms with E-state index < -0.39 is 0 Å². The third kappa shape index (κ3) is 2.90. The normalized spacial score (nSPS) is 13.0. The van der Waals surface area contributed by atoms with E-state index in [1.165, 1.54) is 54.8 Å². The highest BCUT2D eigenvalue weighted by Gasteiger charge is 2.27. The molecule has 0 saturated heterocycles. The Labute approximate surface area is 225 Å². The number of imidazole rings is 1. The second kappa shape index (κ2) is 7.68. The minimum Gasteiger partial charge on any atom is -0.322 e. The summed E-state index contributed by atoms with van der Waals surface area (Å²) in [6, 6.07) is 46.2. The number of hydrogen-bond donors (Lipinski definition) is 0. The molecule has 0 bridgehead atoms. The fourth-order valence-corrected chi connectivity index (χ4v) is 6.57. The van der Waals surface area contributed by atoms with Crippen LogP contribution in [-0.4, -0.2) is 9.55 Å². The summed E-state index contributed by atoms with van der Waals surface area (Å²) in [4.78, 5) is 7.48. The number of fused-ring (bicyclic) bond motifs is 5. The lowest BCUT2D eigenvalue weighted by Crippen LogP contribution is -2.26. The standard InChI is InChI=1S/C36H23N3/c1-2-9-27(10-3-1)38-22-39-32-12-5-4-11-31(32)37-36(39)30-20-17-26(21-33(30)38)28-18-15-25-14-13-23-7-6-8-24-16-19-29(28)35(25)34(23)24/h1-21H,22H2. The van der Waals surface area contributed by atoms with Crippen LogP contribution in [0.1, 0.15) is 0 Å². The first-order valence-electron chi connectivity index (χ1n) is 13.4. The predicted molar refractivity (Wildman–Crippen MR) is 163 cm³/mol. The van der Waals surface area contributed by atoms with Gasteiger partial charge in [0.1, 0.15) is 12.5 Å². The van der Waals surface area contributed by atoms with Gasteiger partial charge in [0.25, 0.3) is 0 Å². The van der Waals surface area contributed by atoms with E-state index in [0.29, 0.717) is 0 Å². The van der Waals surface area contributed by atoms with E-state index in [4.69, 9.17) is 4.98 Å². The maximum absolute atomic E-state index is 5.07. The van der Waals surface area contributed by atoms with Gasteiger partial charge in [-0.1, -0.05) is 91.0 Å². The van der Waals surface area contributed by atoms with Crippen molar-refractivity contribution in [3.63, 3.8) is 0 Å². The third-order valence-corrected chi connectivity index (χ3v) is 8.37. The first-order chi connectivity index (χ1) is 19.3. The lowest BCUT2D eigenvalue weighted by Gasteiger charge is -2.33. The molecular weight excluding hydrogens is 474 g/mol. The van der Waals surface area contributed by atoms with Crippen LogP contribution in [0.5, 0.6) is 0 Å². The van der Waals surface area contributed by atoms with E-state index in [0.717, 1.165) is 29.1 Å². The summed E-state index contributed by atoms with van der Waals surface area (Å²) in [6.07, 6.45) is 0. The van der Waals surface area contributed by atoms with Crippen LogP contribution < -0.4 is 4.90 Å². The third-order valence-electron chi connectivity index (χ3n) is 8.37. The summed E-state index contributed by atoms with van der Waals surface area (Å²) in [6.45, 7) is 0.717. The molecule has 3 nitrogen and oxygen atoms in total. The van der Waals surface area contributed by atoms with Gasteiger partial charge in [0.15, 0.2) is 0 Å². The van der Waals surface area contributed by atoms with E-state index in [1.54, 1.807) is 0 Å². The molecule has 8 aromatic rings. The predicted octanol–water partition coefficient (Wildman–Crippen LogP) is 9.38. The fourth-order valence-electron chi connectivity index (χ4n) is 6.57. The van der Waals surface area contributed by atoms with Gasteiger partial charge in [-0.05, 0) is 79.8 Å². The molecule has 0 unspecified atom stereocenters. The van der Waals surface area contributed by atoms with Crippen LogP contribution in [0.25, 0.3) is 65.9 Å². The van der Waals surface area contributed by atoms with Gasteiger partial charge >= 0.3 is 0 Å². The number of benzene rings is 7. The van der Waals surface area contributed by atoms with Gasteiger partial charge < -0.3 is 9.47 Å². The highest BCUT2D eigenvalue weighted by Crippen LogP contribution is 2.45. The molecule has 1 aliphatic heterocycles. The Kier molecular flexibility index (Phi) is 4.11. The molecule has 9 rings (SSSR count). The van der Waals surface area contributed by atoms with Crippen LogP contribution in [0, 0.1) is 0 Å². The number of rotatable bonds is 2. The van der Waals surface area contributed by atoms with Gasteiger partial charge in [0.05, 0.1) is 16.7 Å². The molecule has 1 aromatic heterocycles. The molecule has 7 aromatic carbocycles. The van der Waals surface area contributed by atoms with Crippen molar-refractivity contribution in [3.8, 4) is 22.5 Å². The van der Waals surface area contributed by atoms with Gasteiger partial charge in [0.2, 0.25) is 0 Å². The molecular formula is C36H23N3. The highest BCUT2D eigenvalue weighted by atomic mass is 15.3. The Morgan fingerprint density at radius 2 is 1.28 bits per heavy atom. The number of nitrogens with zero attached hydrogens (tertiary/aromatic N) is 3. The van der Waals surface area contributed by atoms with E-state index >= 15 is 0 Å². The zero-order valence-corrected chi connectivity index (χ0v) is 21.2. The minimum absolute atomic E-state index is 0.717.